The van der Waals surface area contributed by atoms with Crippen LogP contribution in [0.25, 0.3) is 5.00 Å². The Morgan fingerprint density at radius 1 is 1.06 bits per heavy atom. The minimum Gasteiger partial charge on any atom is -0.490 e. The first-order valence-electron chi connectivity index (χ1n) is 21.1. The van der Waals surface area contributed by atoms with Gasteiger partial charge in [0, 0.05) is 53.8 Å². The molecule has 1 amide bonds. The van der Waals surface area contributed by atoms with Gasteiger partial charge in [0.05, 0.1) is 35.0 Å². The zero-order chi connectivity index (χ0) is 43.8. The number of aromatic nitrogens is 7. The van der Waals surface area contributed by atoms with E-state index in [1.54, 1.807) is 48.1 Å². The van der Waals surface area contributed by atoms with Crippen molar-refractivity contribution in [3.8, 4) is 28.7 Å². The molecule has 6 aromatic rings. The number of halogens is 1. The van der Waals surface area contributed by atoms with Crippen molar-refractivity contribution in [3.63, 3.8) is 0 Å². The number of thiophene rings is 1. The van der Waals surface area contributed by atoms with Gasteiger partial charge >= 0.3 is 0 Å². The summed E-state index contributed by atoms with van der Waals surface area (Å²) >= 11 is 7.88. The standard InChI is InChI=1S/C47H46ClN11O3S/c1-27-28(2)63-46-42(27)43(53-39(21-41-50-18-19-61-41)44-57-54-29(3)59(44)46)32-7-10-33(51-25-32)9-6-30-22-47(4,23-30)26-58(5)40-17-16-38(55-56-40)45(60)52-34-11-14-35(15-12-34)62-36-13-8-31(24-49)37(48)20-36/h7-8,10,13,16-20,25,30,34-35,39H,11-12,14-15,21-23,26H2,1-5H3,(H,52,60)/t30?,34?,35?,39-,47?/m0/s1. The third-order valence-electron chi connectivity index (χ3n) is 12.3. The monoisotopic (exact) mass is 879 g/mol. The van der Waals surface area contributed by atoms with E-state index in [9.17, 15) is 4.79 Å². The third kappa shape index (κ3) is 8.81. The van der Waals surface area contributed by atoms with E-state index in [0.717, 1.165) is 78.6 Å². The molecule has 0 saturated heterocycles. The van der Waals surface area contributed by atoms with Crippen molar-refractivity contribution in [1.29, 1.82) is 5.26 Å². The van der Waals surface area contributed by atoms with E-state index in [1.165, 1.54) is 10.4 Å². The fourth-order valence-electron chi connectivity index (χ4n) is 8.93. The Morgan fingerprint density at radius 2 is 1.89 bits per heavy atom. The molecule has 2 saturated carbocycles. The van der Waals surface area contributed by atoms with Crippen LogP contribution in [0.4, 0.5) is 5.82 Å². The van der Waals surface area contributed by atoms with Gasteiger partial charge in [-0.1, -0.05) is 24.4 Å². The molecule has 2 fully saturated rings. The number of pyridine rings is 1. The Balaban J connectivity index is 0.780. The number of hydrogen-bond donors (Lipinski definition) is 1. The van der Waals surface area contributed by atoms with Crippen LogP contribution in [0.2, 0.25) is 5.02 Å². The van der Waals surface area contributed by atoms with Gasteiger partial charge in [0.15, 0.2) is 23.2 Å². The summed E-state index contributed by atoms with van der Waals surface area (Å²) < 4.78 is 13.8. The summed E-state index contributed by atoms with van der Waals surface area (Å²) in [6.07, 6.45) is 10.6. The maximum absolute atomic E-state index is 13.1. The first-order chi connectivity index (χ1) is 30.4. The van der Waals surface area contributed by atoms with Gasteiger partial charge in [-0.2, -0.15) is 5.26 Å². The number of ether oxygens (including phenoxy) is 1. The van der Waals surface area contributed by atoms with Gasteiger partial charge in [0.2, 0.25) is 0 Å². The molecule has 14 nitrogen and oxygen atoms in total. The van der Waals surface area contributed by atoms with Crippen molar-refractivity contribution in [3.05, 3.63) is 122 Å². The zero-order valence-corrected chi connectivity index (χ0v) is 37.3. The van der Waals surface area contributed by atoms with E-state index < -0.39 is 0 Å². The van der Waals surface area contributed by atoms with Crippen LogP contribution in [0.1, 0.15) is 112 Å². The van der Waals surface area contributed by atoms with Crippen molar-refractivity contribution >= 4 is 40.4 Å². The van der Waals surface area contributed by atoms with E-state index in [0.29, 0.717) is 45.9 Å². The molecule has 0 bridgehead atoms. The quantitative estimate of drug-likeness (QED) is 0.132. The second-order valence-corrected chi connectivity index (χ2v) is 18.7. The average Bonchev–Trinajstić information content (AvgIpc) is 3.98. The van der Waals surface area contributed by atoms with Crippen LogP contribution in [0, 0.1) is 55.3 Å². The van der Waals surface area contributed by atoms with E-state index in [-0.39, 0.29) is 35.4 Å². The molecule has 320 valence electrons. The highest BCUT2D eigenvalue weighted by Gasteiger charge is 2.40. The van der Waals surface area contributed by atoms with E-state index in [2.05, 4.69) is 84.9 Å². The molecule has 5 aromatic heterocycles. The van der Waals surface area contributed by atoms with Crippen LogP contribution >= 0.6 is 22.9 Å². The van der Waals surface area contributed by atoms with Crippen molar-refractivity contribution in [2.24, 2.45) is 16.3 Å². The first-order valence-corrected chi connectivity index (χ1v) is 22.3. The molecule has 16 heteroatoms. The molecule has 2 aliphatic carbocycles. The minimum absolute atomic E-state index is 0.0202. The van der Waals surface area contributed by atoms with Crippen LogP contribution < -0.4 is 15.0 Å². The number of nitrogens with one attached hydrogen (secondary N) is 1. The summed E-state index contributed by atoms with van der Waals surface area (Å²) in [4.78, 5) is 30.9. The summed E-state index contributed by atoms with van der Waals surface area (Å²) in [5.41, 5.74) is 5.49. The van der Waals surface area contributed by atoms with Crippen LogP contribution in [0.5, 0.6) is 5.75 Å². The Kier molecular flexibility index (Phi) is 11.6. The maximum atomic E-state index is 13.1. The van der Waals surface area contributed by atoms with Crippen molar-refractivity contribution in [2.75, 3.05) is 18.5 Å². The molecule has 1 aliphatic heterocycles. The molecule has 1 N–H and O–H groups in total. The van der Waals surface area contributed by atoms with Gasteiger partial charge < -0.3 is 19.4 Å². The number of hydrogen-bond acceptors (Lipinski definition) is 13. The molecule has 0 radical (unpaired) electrons. The maximum Gasteiger partial charge on any atom is 0.272 e. The van der Waals surface area contributed by atoms with Gasteiger partial charge in [-0.05, 0) is 113 Å². The smallest absolute Gasteiger partial charge is 0.272 e. The normalized spacial score (nSPS) is 21.3. The Morgan fingerprint density at radius 3 is 2.59 bits per heavy atom. The van der Waals surface area contributed by atoms with Crippen molar-refractivity contribution < 1.29 is 13.9 Å². The second-order valence-electron chi connectivity index (χ2n) is 17.1. The molecule has 63 heavy (non-hydrogen) atoms. The molecular weight excluding hydrogens is 834 g/mol. The summed E-state index contributed by atoms with van der Waals surface area (Å²) in [5.74, 6) is 10.3. The number of carbonyl (C=O) groups is 1. The molecule has 0 spiro atoms. The number of aryl methyl sites for hydroxylation is 2. The van der Waals surface area contributed by atoms with Gasteiger partial charge in [-0.25, -0.2) is 9.97 Å². The van der Waals surface area contributed by atoms with Crippen LogP contribution in [0.3, 0.4) is 0 Å². The van der Waals surface area contributed by atoms with E-state index in [4.69, 9.17) is 36.0 Å². The van der Waals surface area contributed by atoms with Crippen LogP contribution in [-0.2, 0) is 6.42 Å². The molecule has 1 atom stereocenters. The van der Waals surface area contributed by atoms with Gasteiger partial charge in [-0.3, -0.25) is 14.4 Å². The number of benzene rings is 1. The number of oxazole rings is 1. The average molecular weight is 880 g/mol. The Bertz CT molecular complexity index is 2790. The molecular formula is C47H46ClN11O3S. The van der Waals surface area contributed by atoms with Crippen LogP contribution in [-0.4, -0.2) is 72.3 Å². The van der Waals surface area contributed by atoms with Crippen molar-refractivity contribution in [2.45, 2.75) is 90.8 Å². The fraction of sp³-hybridized carbons (Fsp3) is 0.383. The molecule has 1 aromatic carbocycles. The lowest BCUT2D eigenvalue weighted by molar-refractivity contribution is 0.0888. The third-order valence-corrected chi connectivity index (χ3v) is 13.8. The Labute approximate surface area is 374 Å². The molecule has 3 aliphatic rings. The number of nitrogens with zero attached hydrogens (tertiary/aromatic N) is 10. The second kappa shape index (κ2) is 17.4. The van der Waals surface area contributed by atoms with E-state index >= 15 is 0 Å². The predicted molar refractivity (Wildman–Crippen MR) is 240 cm³/mol. The number of anilines is 1. The topological polar surface area (TPSA) is 173 Å². The largest absolute Gasteiger partial charge is 0.490 e. The van der Waals surface area contributed by atoms with Gasteiger partial charge in [0.25, 0.3) is 5.91 Å². The molecule has 0 unspecified atom stereocenters. The highest BCUT2D eigenvalue weighted by molar-refractivity contribution is 7.15. The molecule has 9 rings (SSSR count). The number of amides is 1. The predicted octanol–water partition coefficient (Wildman–Crippen LogP) is 8.11. The summed E-state index contributed by atoms with van der Waals surface area (Å²) in [6.45, 7) is 9.31. The van der Waals surface area contributed by atoms with Gasteiger partial charge in [-0.15, -0.1) is 31.7 Å². The molecule has 6 heterocycles. The Hall–Kier alpha value is -6.42. The highest BCUT2D eigenvalue weighted by Crippen LogP contribution is 2.46. The number of fused-ring (bicyclic) bond motifs is 3. The lowest BCUT2D eigenvalue weighted by Crippen LogP contribution is -2.43. The van der Waals surface area contributed by atoms with Crippen LogP contribution in [0.15, 0.2) is 70.5 Å². The number of aliphatic imine (C=N–C) groups is 1. The van der Waals surface area contributed by atoms with E-state index in [1.807, 2.05) is 32.3 Å². The summed E-state index contributed by atoms with van der Waals surface area (Å²) in [5, 5.41) is 31.4. The number of rotatable bonds is 10. The SMILES string of the molecule is Cc1sc2c(c1C)C(c1ccc(C#CC3CC(C)(CN(C)c4ccc(C(=O)NC5CCC(Oc6ccc(C#N)c(Cl)c6)CC5)nn4)C3)nc1)=N[C@@H](Cc1ncco1)c1nnc(C)n1-2. The summed E-state index contributed by atoms with van der Waals surface area (Å²) in [7, 11) is 2.01. The minimum atomic E-state index is -0.350. The zero-order valence-electron chi connectivity index (χ0n) is 35.7. The summed E-state index contributed by atoms with van der Waals surface area (Å²) in [6, 6.07) is 14.5. The lowest BCUT2D eigenvalue weighted by Gasteiger charge is -2.45. The first kappa shape index (κ1) is 41.9. The van der Waals surface area contributed by atoms with Gasteiger partial charge in [0.1, 0.15) is 40.6 Å². The fourth-order valence-corrected chi connectivity index (χ4v) is 10.4. The number of carbonyl (C=O) groups excluding carboxylic acids is 1. The highest BCUT2D eigenvalue weighted by atomic mass is 35.5. The number of nitriles is 1. The van der Waals surface area contributed by atoms with Crippen molar-refractivity contribution in [1.82, 2.24) is 40.2 Å². The lowest BCUT2D eigenvalue weighted by atomic mass is 9.63.